The van der Waals surface area contributed by atoms with Gasteiger partial charge in [-0.25, -0.2) is 9.97 Å². The number of hydrogen-bond donors (Lipinski definition) is 1. The van der Waals surface area contributed by atoms with Crippen molar-refractivity contribution in [3.05, 3.63) is 30.1 Å². The van der Waals surface area contributed by atoms with E-state index in [-0.39, 0.29) is 6.61 Å². The van der Waals surface area contributed by atoms with E-state index in [4.69, 9.17) is 5.11 Å². The summed E-state index contributed by atoms with van der Waals surface area (Å²) in [7, 11) is 1.91. The Morgan fingerprint density at radius 1 is 1.50 bits per heavy atom. The lowest BCUT2D eigenvalue weighted by atomic mass is 10.3. The first kappa shape index (κ1) is 10.7. The topological polar surface area (TPSA) is 49.2 Å². The minimum Gasteiger partial charge on any atom is -0.392 e. The van der Waals surface area contributed by atoms with Crippen LogP contribution in [0.25, 0.3) is 0 Å². The van der Waals surface area contributed by atoms with Crippen molar-refractivity contribution >= 4 is 5.95 Å². The minimum absolute atomic E-state index is 0.0233. The Kier molecular flexibility index (Phi) is 3.59. The highest BCUT2D eigenvalue weighted by molar-refractivity contribution is 5.30. The van der Waals surface area contributed by atoms with E-state index in [2.05, 4.69) is 16.5 Å². The Hall–Kier alpha value is -1.42. The molecular formula is C10H15N3O. The van der Waals surface area contributed by atoms with Crippen LogP contribution in [0, 0.1) is 0 Å². The molecule has 0 aromatic carbocycles. The first-order chi connectivity index (χ1) is 6.63. The molecule has 0 aliphatic heterocycles. The zero-order valence-corrected chi connectivity index (χ0v) is 8.56. The van der Waals surface area contributed by atoms with E-state index in [0.29, 0.717) is 5.95 Å². The molecule has 4 nitrogen and oxygen atoms in total. The number of likely N-dealkylation sites (N-methyl/N-ethyl adjacent to an activating group) is 1. The highest BCUT2D eigenvalue weighted by Gasteiger charge is 2.03. The van der Waals surface area contributed by atoms with Gasteiger partial charge in [0.25, 0.3) is 0 Å². The predicted octanol–water partition coefficient (Wildman–Crippen LogP) is 0.981. The van der Waals surface area contributed by atoms with E-state index in [1.807, 2.05) is 18.9 Å². The number of aliphatic hydroxyl groups excluding tert-OH is 1. The maximum atomic E-state index is 8.80. The van der Waals surface area contributed by atoms with Gasteiger partial charge in [-0.15, -0.1) is 0 Å². The lowest BCUT2D eigenvalue weighted by Crippen LogP contribution is -2.21. The van der Waals surface area contributed by atoms with Crippen molar-refractivity contribution in [2.24, 2.45) is 0 Å². The summed E-state index contributed by atoms with van der Waals surface area (Å²) in [4.78, 5) is 10.1. The van der Waals surface area contributed by atoms with Crippen molar-refractivity contribution in [3.63, 3.8) is 0 Å². The Bertz CT molecular complexity index is 308. The molecule has 1 aromatic heterocycles. The predicted molar refractivity (Wildman–Crippen MR) is 56.0 cm³/mol. The largest absolute Gasteiger partial charge is 0.392 e. The lowest BCUT2D eigenvalue weighted by molar-refractivity contribution is 0.281. The lowest BCUT2D eigenvalue weighted by Gasteiger charge is -2.16. The van der Waals surface area contributed by atoms with Crippen LogP contribution < -0.4 is 4.90 Å². The maximum absolute atomic E-state index is 8.80. The summed E-state index contributed by atoms with van der Waals surface area (Å²) in [6, 6.07) is 0. The summed E-state index contributed by atoms with van der Waals surface area (Å²) in [5.41, 5.74) is 1.78. The van der Waals surface area contributed by atoms with Crippen LogP contribution >= 0.6 is 0 Å². The van der Waals surface area contributed by atoms with Crippen LogP contribution in [0.2, 0.25) is 0 Å². The molecule has 0 radical (unpaired) electrons. The molecule has 76 valence electrons. The molecule has 1 aromatic rings. The first-order valence-corrected chi connectivity index (χ1v) is 4.40. The number of hydrogen-bond acceptors (Lipinski definition) is 4. The molecule has 0 spiro atoms. The molecule has 0 atom stereocenters. The van der Waals surface area contributed by atoms with Crippen LogP contribution in [0.15, 0.2) is 24.5 Å². The Morgan fingerprint density at radius 2 is 2.07 bits per heavy atom. The highest BCUT2D eigenvalue weighted by Crippen LogP contribution is 2.06. The molecule has 0 unspecified atom stereocenters. The van der Waals surface area contributed by atoms with Gasteiger partial charge in [0.2, 0.25) is 5.95 Å². The third-order valence-corrected chi connectivity index (χ3v) is 1.72. The van der Waals surface area contributed by atoms with Crippen molar-refractivity contribution in [1.29, 1.82) is 0 Å². The van der Waals surface area contributed by atoms with Crippen molar-refractivity contribution in [1.82, 2.24) is 9.97 Å². The average Bonchev–Trinajstić information content (AvgIpc) is 2.17. The van der Waals surface area contributed by atoms with E-state index < -0.39 is 0 Å². The fourth-order valence-corrected chi connectivity index (χ4v) is 1.10. The summed E-state index contributed by atoms with van der Waals surface area (Å²) in [5.74, 6) is 0.644. The fraction of sp³-hybridized carbons (Fsp3) is 0.400. The molecule has 0 amide bonds. The van der Waals surface area contributed by atoms with Crippen molar-refractivity contribution < 1.29 is 5.11 Å². The van der Waals surface area contributed by atoms with Crippen LogP contribution in [0.3, 0.4) is 0 Å². The molecular weight excluding hydrogens is 178 g/mol. The van der Waals surface area contributed by atoms with Crippen LogP contribution in [0.1, 0.15) is 12.5 Å². The van der Waals surface area contributed by atoms with Crippen LogP contribution in [-0.2, 0) is 6.61 Å². The molecule has 0 bridgehead atoms. The zero-order valence-electron chi connectivity index (χ0n) is 8.56. The zero-order chi connectivity index (χ0) is 10.6. The van der Waals surface area contributed by atoms with Gasteiger partial charge in [-0.2, -0.15) is 0 Å². The van der Waals surface area contributed by atoms with E-state index >= 15 is 0 Å². The van der Waals surface area contributed by atoms with Gasteiger partial charge < -0.3 is 10.0 Å². The molecule has 1 N–H and O–H groups in total. The maximum Gasteiger partial charge on any atom is 0.225 e. The molecule has 4 heteroatoms. The molecule has 1 rings (SSSR count). The number of nitrogens with zero attached hydrogens (tertiary/aromatic N) is 3. The smallest absolute Gasteiger partial charge is 0.225 e. The molecule has 0 aliphatic carbocycles. The second-order valence-corrected chi connectivity index (χ2v) is 3.36. The summed E-state index contributed by atoms with van der Waals surface area (Å²) >= 11 is 0. The average molecular weight is 193 g/mol. The van der Waals surface area contributed by atoms with Crippen molar-refractivity contribution in [2.45, 2.75) is 13.5 Å². The van der Waals surface area contributed by atoms with Gasteiger partial charge in [0, 0.05) is 31.5 Å². The molecule has 14 heavy (non-hydrogen) atoms. The summed E-state index contributed by atoms with van der Waals surface area (Å²) in [6.07, 6.45) is 3.24. The molecule has 0 fully saturated rings. The number of aliphatic hydroxyl groups is 1. The monoisotopic (exact) mass is 193 g/mol. The SMILES string of the molecule is C=C(C)CN(C)c1ncc(CO)cn1. The van der Waals surface area contributed by atoms with Gasteiger partial charge in [0.05, 0.1) is 6.61 Å². The summed E-state index contributed by atoms with van der Waals surface area (Å²) < 4.78 is 0. The first-order valence-electron chi connectivity index (χ1n) is 4.40. The van der Waals surface area contributed by atoms with Gasteiger partial charge >= 0.3 is 0 Å². The number of rotatable bonds is 4. The van der Waals surface area contributed by atoms with E-state index in [1.54, 1.807) is 12.4 Å². The minimum atomic E-state index is -0.0233. The van der Waals surface area contributed by atoms with E-state index in [1.165, 1.54) is 0 Å². The normalized spacial score (nSPS) is 9.93. The van der Waals surface area contributed by atoms with Gasteiger partial charge in [0.1, 0.15) is 0 Å². The van der Waals surface area contributed by atoms with Gasteiger partial charge in [0.15, 0.2) is 0 Å². The molecule has 0 saturated carbocycles. The van der Waals surface area contributed by atoms with E-state index in [0.717, 1.165) is 17.7 Å². The number of aromatic nitrogens is 2. The summed E-state index contributed by atoms with van der Waals surface area (Å²) in [6.45, 7) is 6.49. The quantitative estimate of drug-likeness (QED) is 0.724. The number of anilines is 1. The molecule has 1 heterocycles. The van der Waals surface area contributed by atoms with Gasteiger partial charge in [-0.05, 0) is 6.92 Å². The standard InChI is InChI=1S/C10H15N3O/c1-8(2)6-13(3)10-11-4-9(7-14)5-12-10/h4-5,14H,1,6-7H2,2-3H3. The Morgan fingerprint density at radius 3 is 2.50 bits per heavy atom. The van der Waals surface area contributed by atoms with Crippen LogP contribution in [0.5, 0.6) is 0 Å². The van der Waals surface area contributed by atoms with E-state index in [9.17, 15) is 0 Å². The summed E-state index contributed by atoms with van der Waals surface area (Å²) in [5, 5.41) is 8.80. The molecule has 0 aliphatic rings. The highest BCUT2D eigenvalue weighted by atomic mass is 16.3. The molecule has 0 saturated heterocycles. The van der Waals surface area contributed by atoms with Crippen LogP contribution in [-0.4, -0.2) is 28.7 Å². The third-order valence-electron chi connectivity index (χ3n) is 1.72. The fourth-order valence-electron chi connectivity index (χ4n) is 1.10. The Balaban J connectivity index is 2.71. The van der Waals surface area contributed by atoms with Gasteiger partial charge in [-0.3, -0.25) is 0 Å². The van der Waals surface area contributed by atoms with Crippen molar-refractivity contribution in [2.75, 3.05) is 18.5 Å². The van der Waals surface area contributed by atoms with Crippen LogP contribution in [0.4, 0.5) is 5.95 Å². The Labute approximate surface area is 83.9 Å². The third kappa shape index (κ3) is 2.81. The van der Waals surface area contributed by atoms with Crippen molar-refractivity contribution in [3.8, 4) is 0 Å². The second kappa shape index (κ2) is 4.72. The second-order valence-electron chi connectivity index (χ2n) is 3.36. The van der Waals surface area contributed by atoms with Gasteiger partial charge in [-0.1, -0.05) is 12.2 Å².